The van der Waals surface area contributed by atoms with Gasteiger partial charge in [0.25, 0.3) is 10.2 Å². The van der Waals surface area contributed by atoms with Crippen LogP contribution < -0.4 is 10.5 Å². The Bertz CT molecular complexity index is 383. The van der Waals surface area contributed by atoms with Gasteiger partial charge >= 0.3 is 0 Å². The van der Waals surface area contributed by atoms with E-state index >= 15 is 0 Å². The first-order chi connectivity index (χ1) is 9.58. The maximum Gasteiger partial charge on any atom is 0.279 e. The van der Waals surface area contributed by atoms with E-state index in [1.54, 1.807) is 4.31 Å². The number of nitrogens with one attached hydrogen (secondary N) is 1. The van der Waals surface area contributed by atoms with Crippen molar-refractivity contribution < 1.29 is 8.42 Å². The Labute approximate surface area is 123 Å². The molecule has 1 aliphatic carbocycles. The van der Waals surface area contributed by atoms with Gasteiger partial charge in [-0.05, 0) is 37.6 Å². The van der Waals surface area contributed by atoms with Crippen LogP contribution in [-0.4, -0.2) is 38.9 Å². The number of nitrogens with two attached hydrogens (primary N) is 1. The summed E-state index contributed by atoms with van der Waals surface area (Å²) >= 11 is 0. The average molecular weight is 303 g/mol. The van der Waals surface area contributed by atoms with E-state index in [0.29, 0.717) is 26.2 Å². The van der Waals surface area contributed by atoms with Gasteiger partial charge in [-0.1, -0.05) is 32.1 Å². The van der Waals surface area contributed by atoms with Gasteiger partial charge in [0, 0.05) is 19.6 Å². The molecule has 1 saturated carbocycles. The van der Waals surface area contributed by atoms with Crippen molar-refractivity contribution in [2.24, 2.45) is 11.1 Å². The molecule has 0 bridgehead atoms. The summed E-state index contributed by atoms with van der Waals surface area (Å²) in [6.45, 7) is 2.40. The highest BCUT2D eigenvalue weighted by atomic mass is 32.2. The molecular weight excluding hydrogens is 274 g/mol. The quantitative estimate of drug-likeness (QED) is 0.810. The van der Waals surface area contributed by atoms with Gasteiger partial charge < -0.3 is 5.73 Å². The van der Waals surface area contributed by atoms with Crippen LogP contribution in [0.2, 0.25) is 0 Å². The van der Waals surface area contributed by atoms with Crippen LogP contribution in [0.4, 0.5) is 0 Å². The Balaban J connectivity index is 1.93. The van der Waals surface area contributed by atoms with E-state index in [0.717, 1.165) is 38.5 Å². The van der Waals surface area contributed by atoms with E-state index in [1.165, 1.54) is 19.3 Å². The van der Waals surface area contributed by atoms with Crippen LogP contribution in [0.25, 0.3) is 0 Å². The first kappa shape index (κ1) is 16.2. The molecule has 1 saturated heterocycles. The van der Waals surface area contributed by atoms with Crippen molar-refractivity contribution in [3.63, 3.8) is 0 Å². The summed E-state index contributed by atoms with van der Waals surface area (Å²) < 4.78 is 29.3. The fourth-order valence-corrected chi connectivity index (χ4v) is 4.78. The zero-order valence-electron chi connectivity index (χ0n) is 12.4. The lowest BCUT2D eigenvalue weighted by Gasteiger charge is -2.36. The second kappa shape index (κ2) is 7.20. The molecule has 0 aromatic rings. The van der Waals surface area contributed by atoms with Crippen molar-refractivity contribution in [3.05, 3.63) is 0 Å². The molecule has 5 nitrogen and oxygen atoms in total. The first-order valence-corrected chi connectivity index (χ1v) is 9.47. The predicted molar refractivity (Wildman–Crippen MR) is 81.5 cm³/mol. The first-order valence-electron chi connectivity index (χ1n) is 8.03. The lowest BCUT2D eigenvalue weighted by Crippen LogP contribution is -2.48. The zero-order chi connectivity index (χ0) is 14.5. The summed E-state index contributed by atoms with van der Waals surface area (Å²) in [6.07, 6.45) is 9.91. The molecule has 0 spiro atoms. The van der Waals surface area contributed by atoms with Crippen molar-refractivity contribution in [2.75, 3.05) is 26.2 Å². The summed E-state index contributed by atoms with van der Waals surface area (Å²) in [5.41, 5.74) is 5.91. The molecule has 0 atom stereocenters. The Hall–Kier alpha value is -0.170. The van der Waals surface area contributed by atoms with Crippen LogP contribution in [0.3, 0.4) is 0 Å². The molecular formula is C14H29N3O2S. The van der Waals surface area contributed by atoms with Gasteiger partial charge in [0.05, 0.1) is 0 Å². The normalized spacial score (nSPS) is 25.2. The second-order valence-electron chi connectivity index (χ2n) is 6.40. The zero-order valence-corrected chi connectivity index (χ0v) is 13.3. The minimum Gasteiger partial charge on any atom is -0.330 e. The lowest BCUT2D eigenvalue weighted by atomic mass is 9.74. The van der Waals surface area contributed by atoms with E-state index in [2.05, 4.69) is 4.72 Å². The number of nitrogens with zero attached hydrogens (tertiary/aromatic N) is 1. The van der Waals surface area contributed by atoms with Crippen LogP contribution in [-0.2, 0) is 10.2 Å². The third kappa shape index (κ3) is 4.16. The fourth-order valence-electron chi connectivity index (χ4n) is 3.37. The number of hydrogen-bond donors (Lipinski definition) is 2. The van der Waals surface area contributed by atoms with Crippen LogP contribution >= 0.6 is 0 Å². The molecule has 0 aromatic carbocycles. The van der Waals surface area contributed by atoms with E-state index in [-0.39, 0.29) is 5.41 Å². The summed E-state index contributed by atoms with van der Waals surface area (Å²) in [7, 11) is -3.33. The lowest BCUT2D eigenvalue weighted by molar-refractivity contribution is 0.200. The third-order valence-corrected chi connectivity index (χ3v) is 6.44. The minimum absolute atomic E-state index is 0.0167. The van der Waals surface area contributed by atoms with E-state index < -0.39 is 10.2 Å². The van der Waals surface area contributed by atoms with Crippen molar-refractivity contribution >= 4 is 10.2 Å². The van der Waals surface area contributed by atoms with E-state index in [1.807, 2.05) is 0 Å². The topological polar surface area (TPSA) is 75.4 Å². The molecule has 1 heterocycles. The van der Waals surface area contributed by atoms with Crippen molar-refractivity contribution in [1.29, 1.82) is 0 Å². The molecule has 0 radical (unpaired) electrons. The van der Waals surface area contributed by atoms with Gasteiger partial charge in [0.1, 0.15) is 0 Å². The monoisotopic (exact) mass is 303 g/mol. The van der Waals surface area contributed by atoms with Crippen LogP contribution in [0, 0.1) is 5.41 Å². The number of hydrogen-bond acceptors (Lipinski definition) is 3. The van der Waals surface area contributed by atoms with Crippen LogP contribution in [0.15, 0.2) is 0 Å². The molecule has 2 rings (SSSR count). The Kier molecular flexibility index (Phi) is 5.84. The van der Waals surface area contributed by atoms with Gasteiger partial charge in [0.2, 0.25) is 0 Å². The molecule has 20 heavy (non-hydrogen) atoms. The van der Waals surface area contributed by atoms with Crippen LogP contribution in [0.1, 0.15) is 57.8 Å². The average Bonchev–Trinajstić information content (AvgIpc) is 2.76. The summed E-state index contributed by atoms with van der Waals surface area (Å²) in [4.78, 5) is 0. The smallest absolute Gasteiger partial charge is 0.279 e. The summed E-state index contributed by atoms with van der Waals surface area (Å²) in [5.74, 6) is 0. The maximum absolute atomic E-state index is 12.4. The molecule has 1 aliphatic heterocycles. The Morgan fingerprint density at radius 2 is 1.50 bits per heavy atom. The van der Waals surface area contributed by atoms with Crippen molar-refractivity contribution in [1.82, 2.24) is 9.03 Å². The maximum atomic E-state index is 12.4. The van der Waals surface area contributed by atoms with E-state index in [4.69, 9.17) is 5.73 Å². The number of rotatable bonds is 5. The van der Waals surface area contributed by atoms with Gasteiger partial charge in [-0.15, -0.1) is 0 Å². The highest BCUT2D eigenvalue weighted by molar-refractivity contribution is 7.87. The Morgan fingerprint density at radius 1 is 0.950 bits per heavy atom. The molecule has 2 fully saturated rings. The predicted octanol–water partition coefficient (Wildman–Crippen LogP) is 1.61. The fraction of sp³-hybridized carbons (Fsp3) is 1.00. The van der Waals surface area contributed by atoms with E-state index in [9.17, 15) is 8.42 Å². The van der Waals surface area contributed by atoms with Gasteiger partial charge in [-0.25, -0.2) is 4.72 Å². The molecule has 0 unspecified atom stereocenters. The Morgan fingerprint density at radius 3 is 2.05 bits per heavy atom. The van der Waals surface area contributed by atoms with Gasteiger partial charge in [0.15, 0.2) is 0 Å². The van der Waals surface area contributed by atoms with Crippen molar-refractivity contribution in [2.45, 2.75) is 57.8 Å². The molecule has 0 amide bonds. The third-order valence-electron chi connectivity index (χ3n) is 4.88. The molecule has 118 valence electrons. The standard InChI is InChI=1S/C14H29N3O2S/c15-12-14(8-4-3-5-9-14)13-16-20(18,19)17-10-6-1-2-7-11-17/h16H,1-13,15H2. The minimum atomic E-state index is -3.33. The highest BCUT2D eigenvalue weighted by Crippen LogP contribution is 2.34. The summed E-state index contributed by atoms with van der Waals surface area (Å²) in [6, 6.07) is 0. The molecule has 0 aromatic heterocycles. The molecule has 3 N–H and O–H groups in total. The highest BCUT2D eigenvalue weighted by Gasteiger charge is 2.33. The molecule has 2 aliphatic rings. The van der Waals surface area contributed by atoms with Gasteiger partial charge in [-0.2, -0.15) is 12.7 Å². The van der Waals surface area contributed by atoms with Crippen molar-refractivity contribution in [3.8, 4) is 0 Å². The second-order valence-corrected chi connectivity index (χ2v) is 8.16. The summed E-state index contributed by atoms with van der Waals surface area (Å²) in [5, 5.41) is 0. The largest absolute Gasteiger partial charge is 0.330 e. The van der Waals surface area contributed by atoms with Gasteiger partial charge in [-0.3, -0.25) is 0 Å². The van der Waals surface area contributed by atoms with Crippen LogP contribution in [0.5, 0.6) is 0 Å². The molecule has 6 heteroatoms. The SMILES string of the molecule is NCC1(CNS(=O)(=O)N2CCCCCC2)CCCCC1.